The summed E-state index contributed by atoms with van der Waals surface area (Å²) in [5.74, 6) is -0.0739. The molecule has 0 amide bonds. The summed E-state index contributed by atoms with van der Waals surface area (Å²) in [6.07, 6.45) is 0.660. The SMILES string of the molecule is Cc1c(C)c(C)c2c(c1C)CCC(C(=O)O)O2. The molecule has 0 saturated carbocycles. The molecule has 1 aromatic carbocycles. The molecule has 2 rings (SSSR count). The van der Waals surface area contributed by atoms with Crippen LogP contribution in [-0.2, 0) is 11.2 Å². The fourth-order valence-corrected chi connectivity index (χ4v) is 2.47. The summed E-state index contributed by atoms with van der Waals surface area (Å²) in [7, 11) is 0. The van der Waals surface area contributed by atoms with Crippen molar-refractivity contribution in [2.75, 3.05) is 0 Å². The summed E-state index contributed by atoms with van der Waals surface area (Å²) >= 11 is 0. The van der Waals surface area contributed by atoms with Gasteiger partial charge in [-0.3, -0.25) is 0 Å². The molecule has 0 bridgehead atoms. The van der Waals surface area contributed by atoms with Gasteiger partial charge >= 0.3 is 5.97 Å². The molecular formula is C14H18O3. The van der Waals surface area contributed by atoms with Gasteiger partial charge in [-0.1, -0.05) is 0 Å². The van der Waals surface area contributed by atoms with Crippen LogP contribution in [0.3, 0.4) is 0 Å². The number of carboxylic acid groups (broad SMARTS) is 1. The van der Waals surface area contributed by atoms with Crippen LogP contribution in [0.1, 0.15) is 34.2 Å². The van der Waals surface area contributed by atoms with Crippen molar-refractivity contribution in [3.05, 3.63) is 27.8 Å². The number of rotatable bonds is 1. The maximum Gasteiger partial charge on any atom is 0.344 e. The van der Waals surface area contributed by atoms with Gasteiger partial charge in [0.05, 0.1) is 0 Å². The smallest absolute Gasteiger partial charge is 0.344 e. The number of fused-ring (bicyclic) bond motifs is 1. The van der Waals surface area contributed by atoms with Crippen LogP contribution in [0.4, 0.5) is 0 Å². The highest BCUT2D eigenvalue weighted by atomic mass is 16.5. The predicted molar refractivity (Wildman–Crippen MR) is 65.8 cm³/mol. The Morgan fingerprint density at radius 3 is 2.29 bits per heavy atom. The van der Waals surface area contributed by atoms with Gasteiger partial charge in [0, 0.05) is 0 Å². The van der Waals surface area contributed by atoms with Gasteiger partial charge in [0.25, 0.3) is 0 Å². The van der Waals surface area contributed by atoms with E-state index in [9.17, 15) is 4.79 Å². The molecule has 1 N–H and O–H groups in total. The molecule has 1 atom stereocenters. The van der Waals surface area contributed by atoms with E-state index >= 15 is 0 Å². The summed E-state index contributed by atoms with van der Waals surface area (Å²) in [6, 6.07) is 0. The Hall–Kier alpha value is -1.51. The third kappa shape index (κ3) is 1.79. The third-order valence-electron chi connectivity index (χ3n) is 3.95. The van der Waals surface area contributed by atoms with Crippen molar-refractivity contribution in [2.45, 2.75) is 46.6 Å². The predicted octanol–water partition coefficient (Wildman–Crippen LogP) is 2.70. The van der Waals surface area contributed by atoms with E-state index in [4.69, 9.17) is 9.84 Å². The summed E-state index contributed by atoms with van der Waals surface area (Å²) in [4.78, 5) is 11.0. The minimum atomic E-state index is -0.870. The number of hydrogen-bond acceptors (Lipinski definition) is 2. The van der Waals surface area contributed by atoms with Gasteiger partial charge in [-0.25, -0.2) is 4.79 Å². The fourth-order valence-electron chi connectivity index (χ4n) is 2.47. The quantitative estimate of drug-likeness (QED) is 0.812. The topological polar surface area (TPSA) is 46.5 Å². The molecule has 1 aliphatic heterocycles. The Kier molecular flexibility index (Phi) is 2.86. The Balaban J connectivity index is 2.55. The maximum atomic E-state index is 11.0. The lowest BCUT2D eigenvalue weighted by atomic mass is 9.89. The number of aliphatic carboxylic acids is 1. The van der Waals surface area contributed by atoms with Crippen LogP contribution in [0.25, 0.3) is 0 Å². The monoisotopic (exact) mass is 234 g/mol. The van der Waals surface area contributed by atoms with E-state index in [0.717, 1.165) is 17.7 Å². The zero-order valence-corrected chi connectivity index (χ0v) is 10.8. The molecule has 92 valence electrons. The molecule has 1 unspecified atom stereocenters. The van der Waals surface area contributed by atoms with Crippen molar-refractivity contribution in [3.63, 3.8) is 0 Å². The molecule has 17 heavy (non-hydrogen) atoms. The average molecular weight is 234 g/mol. The molecule has 1 aromatic rings. The van der Waals surface area contributed by atoms with Crippen LogP contribution in [0, 0.1) is 27.7 Å². The summed E-state index contributed by atoms with van der Waals surface area (Å²) in [5, 5.41) is 9.02. The number of carbonyl (C=O) groups is 1. The van der Waals surface area contributed by atoms with E-state index in [-0.39, 0.29) is 0 Å². The zero-order valence-electron chi connectivity index (χ0n) is 10.8. The molecule has 3 nitrogen and oxygen atoms in total. The molecule has 0 aliphatic carbocycles. The summed E-state index contributed by atoms with van der Waals surface area (Å²) in [5.41, 5.74) is 6.00. The van der Waals surface area contributed by atoms with Gasteiger partial charge in [-0.05, 0) is 68.4 Å². The fraction of sp³-hybridized carbons (Fsp3) is 0.500. The number of ether oxygens (including phenoxy) is 1. The van der Waals surface area contributed by atoms with E-state index < -0.39 is 12.1 Å². The molecule has 0 radical (unpaired) electrons. The van der Waals surface area contributed by atoms with Gasteiger partial charge in [-0.15, -0.1) is 0 Å². The first-order valence-electron chi connectivity index (χ1n) is 5.92. The molecule has 0 aromatic heterocycles. The minimum Gasteiger partial charge on any atom is -0.479 e. The highest BCUT2D eigenvalue weighted by Gasteiger charge is 2.29. The van der Waals surface area contributed by atoms with Crippen LogP contribution in [0.2, 0.25) is 0 Å². The Labute approximate surface area is 101 Å². The van der Waals surface area contributed by atoms with E-state index in [0.29, 0.717) is 6.42 Å². The normalized spacial score (nSPS) is 18.5. The lowest BCUT2D eigenvalue weighted by molar-refractivity contribution is -0.145. The molecule has 1 aliphatic rings. The number of hydrogen-bond donors (Lipinski definition) is 1. The number of carboxylic acids is 1. The van der Waals surface area contributed by atoms with Crippen molar-refractivity contribution in [3.8, 4) is 5.75 Å². The van der Waals surface area contributed by atoms with Gasteiger partial charge in [-0.2, -0.15) is 0 Å². The largest absolute Gasteiger partial charge is 0.479 e. The maximum absolute atomic E-state index is 11.0. The summed E-state index contributed by atoms with van der Waals surface area (Å²) in [6.45, 7) is 8.27. The third-order valence-corrected chi connectivity index (χ3v) is 3.95. The molecule has 0 fully saturated rings. The second kappa shape index (κ2) is 4.06. The lowest BCUT2D eigenvalue weighted by Gasteiger charge is -2.28. The van der Waals surface area contributed by atoms with Crippen LogP contribution in [-0.4, -0.2) is 17.2 Å². The standard InChI is InChI=1S/C14H18O3/c1-7-8(2)10(4)13-11(9(7)3)5-6-12(17-13)14(15)16/h12H,5-6H2,1-4H3,(H,15,16). The van der Waals surface area contributed by atoms with Crippen molar-refractivity contribution >= 4 is 5.97 Å². The van der Waals surface area contributed by atoms with Crippen molar-refractivity contribution in [1.29, 1.82) is 0 Å². The van der Waals surface area contributed by atoms with Gasteiger partial charge in [0.2, 0.25) is 0 Å². The van der Waals surface area contributed by atoms with E-state index in [1.807, 2.05) is 6.92 Å². The minimum absolute atomic E-state index is 0.561. The highest BCUT2D eigenvalue weighted by Crippen LogP contribution is 2.37. The van der Waals surface area contributed by atoms with Crippen LogP contribution >= 0.6 is 0 Å². The Morgan fingerprint density at radius 2 is 1.71 bits per heavy atom. The van der Waals surface area contributed by atoms with Crippen molar-refractivity contribution in [2.24, 2.45) is 0 Å². The molecule has 1 heterocycles. The van der Waals surface area contributed by atoms with Crippen molar-refractivity contribution in [1.82, 2.24) is 0 Å². The number of benzene rings is 1. The second-order valence-corrected chi connectivity index (χ2v) is 4.79. The van der Waals surface area contributed by atoms with Gasteiger partial charge in [0.15, 0.2) is 6.10 Å². The van der Waals surface area contributed by atoms with E-state index in [1.54, 1.807) is 0 Å². The van der Waals surface area contributed by atoms with Gasteiger partial charge in [0.1, 0.15) is 5.75 Å². The van der Waals surface area contributed by atoms with Crippen molar-refractivity contribution < 1.29 is 14.6 Å². The van der Waals surface area contributed by atoms with Crippen LogP contribution in [0.15, 0.2) is 0 Å². The van der Waals surface area contributed by atoms with Gasteiger partial charge < -0.3 is 9.84 Å². The molecule has 0 spiro atoms. The van der Waals surface area contributed by atoms with Crippen LogP contribution in [0.5, 0.6) is 5.75 Å². The second-order valence-electron chi connectivity index (χ2n) is 4.79. The molecule has 0 saturated heterocycles. The van der Waals surface area contributed by atoms with Crippen LogP contribution < -0.4 is 4.74 Å². The molecular weight excluding hydrogens is 216 g/mol. The van der Waals surface area contributed by atoms with E-state index in [1.165, 1.54) is 22.3 Å². The summed E-state index contributed by atoms with van der Waals surface area (Å²) < 4.78 is 5.64. The lowest BCUT2D eigenvalue weighted by Crippen LogP contribution is -2.31. The first-order valence-corrected chi connectivity index (χ1v) is 5.92. The highest BCUT2D eigenvalue weighted by molar-refractivity contribution is 5.73. The molecule has 3 heteroatoms. The Morgan fingerprint density at radius 1 is 1.12 bits per heavy atom. The first-order chi connectivity index (χ1) is 7.93. The first kappa shape index (κ1) is 12.0. The Bertz CT molecular complexity index is 489. The zero-order chi connectivity index (χ0) is 12.7. The van der Waals surface area contributed by atoms with E-state index in [2.05, 4.69) is 20.8 Å². The average Bonchev–Trinajstić information content (AvgIpc) is 2.32.